The summed E-state index contributed by atoms with van der Waals surface area (Å²) in [4.78, 5) is 41.2. The number of carbonyl (C=O) groups is 3. The molecule has 3 aromatic rings. The van der Waals surface area contributed by atoms with Crippen molar-refractivity contribution in [3.8, 4) is 17.0 Å². The van der Waals surface area contributed by atoms with Gasteiger partial charge in [0, 0.05) is 50.8 Å². The molecule has 1 heterocycles. The summed E-state index contributed by atoms with van der Waals surface area (Å²) in [6, 6.07) is 12.1. The Bertz CT molecular complexity index is 1240. The van der Waals surface area contributed by atoms with Crippen molar-refractivity contribution < 1.29 is 19.1 Å². The third-order valence-corrected chi connectivity index (χ3v) is 5.92. The van der Waals surface area contributed by atoms with E-state index in [1.54, 1.807) is 36.9 Å². The van der Waals surface area contributed by atoms with Gasteiger partial charge in [0.05, 0.1) is 17.3 Å². The third-order valence-electron chi connectivity index (χ3n) is 5.62. The summed E-state index contributed by atoms with van der Waals surface area (Å²) in [6.07, 6.45) is 3.23. The number of carbonyl (C=O) groups excluding carboxylic acids is 3. The van der Waals surface area contributed by atoms with Crippen molar-refractivity contribution in [2.24, 2.45) is 7.05 Å². The molecule has 3 rings (SSSR count). The first-order valence-electron chi connectivity index (χ1n) is 11.8. The number of benzene rings is 2. The number of rotatable bonds is 11. The van der Waals surface area contributed by atoms with Gasteiger partial charge in [-0.05, 0) is 36.6 Å². The van der Waals surface area contributed by atoms with Gasteiger partial charge in [-0.2, -0.15) is 0 Å². The quantitative estimate of drug-likeness (QED) is 0.376. The molecule has 2 amide bonds. The van der Waals surface area contributed by atoms with Crippen LogP contribution in [0.2, 0.25) is 5.02 Å². The molecule has 0 aliphatic carbocycles. The molecule has 36 heavy (non-hydrogen) atoms. The van der Waals surface area contributed by atoms with Crippen molar-refractivity contribution in [1.29, 1.82) is 0 Å². The summed E-state index contributed by atoms with van der Waals surface area (Å²) in [5, 5.41) is 5.92. The summed E-state index contributed by atoms with van der Waals surface area (Å²) in [5.74, 6) is 0.323. The highest BCUT2D eigenvalue weighted by Crippen LogP contribution is 2.26. The number of nitrogens with one attached hydrogen (secondary N) is 2. The van der Waals surface area contributed by atoms with Gasteiger partial charge in [0.2, 0.25) is 5.91 Å². The Hall–Kier alpha value is -3.65. The number of ether oxygens (including phenoxy) is 1. The van der Waals surface area contributed by atoms with E-state index in [0.29, 0.717) is 40.9 Å². The summed E-state index contributed by atoms with van der Waals surface area (Å²) in [7, 11) is 3.35. The van der Waals surface area contributed by atoms with Crippen LogP contribution in [0.3, 0.4) is 0 Å². The van der Waals surface area contributed by atoms with Gasteiger partial charge in [-0.25, -0.2) is 4.98 Å². The average molecular weight is 511 g/mol. The maximum absolute atomic E-state index is 12.9. The molecule has 1 atom stereocenters. The second-order valence-corrected chi connectivity index (χ2v) is 8.97. The lowest BCUT2D eigenvalue weighted by molar-refractivity contribution is -0.121. The zero-order valence-corrected chi connectivity index (χ0v) is 21.7. The first-order valence-corrected chi connectivity index (χ1v) is 12.2. The van der Waals surface area contributed by atoms with Crippen LogP contribution in [0.5, 0.6) is 5.75 Å². The fourth-order valence-electron chi connectivity index (χ4n) is 3.77. The molecule has 2 N–H and O–H groups in total. The van der Waals surface area contributed by atoms with E-state index in [1.807, 2.05) is 37.4 Å². The van der Waals surface area contributed by atoms with Crippen molar-refractivity contribution in [1.82, 2.24) is 20.2 Å². The predicted molar refractivity (Wildman–Crippen MR) is 140 cm³/mol. The lowest BCUT2D eigenvalue weighted by Crippen LogP contribution is -2.40. The first-order chi connectivity index (χ1) is 17.2. The van der Waals surface area contributed by atoms with E-state index in [2.05, 4.69) is 15.6 Å². The smallest absolute Gasteiger partial charge is 0.251 e. The minimum absolute atomic E-state index is 0.0995. The highest BCUT2D eigenvalue weighted by Gasteiger charge is 2.19. The largest absolute Gasteiger partial charge is 0.492 e. The number of hydrogen-bond donors (Lipinski definition) is 2. The number of nitrogens with zero attached hydrogens (tertiary/aromatic N) is 2. The highest BCUT2D eigenvalue weighted by atomic mass is 35.5. The second-order valence-electron chi connectivity index (χ2n) is 8.56. The van der Waals surface area contributed by atoms with Crippen molar-refractivity contribution in [3.63, 3.8) is 0 Å². The molecule has 0 saturated carbocycles. The maximum atomic E-state index is 12.9. The maximum Gasteiger partial charge on any atom is 0.251 e. The molecule has 0 aliphatic heterocycles. The van der Waals surface area contributed by atoms with E-state index in [0.717, 1.165) is 17.5 Å². The fraction of sp³-hybridized carbons (Fsp3) is 0.333. The van der Waals surface area contributed by atoms with Crippen molar-refractivity contribution in [3.05, 3.63) is 70.6 Å². The van der Waals surface area contributed by atoms with E-state index in [-0.39, 0.29) is 24.0 Å². The van der Waals surface area contributed by atoms with Crippen LogP contribution >= 0.6 is 11.6 Å². The number of amides is 2. The van der Waals surface area contributed by atoms with Crippen LogP contribution in [0, 0.1) is 0 Å². The van der Waals surface area contributed by atoms with Crippen molar-refractivity contribution in [2.75, 3.05) is 13.7 Å². The van der Waals surface area contributed by atoms with Crippen LogP contribution in [-0.4, -0.2) is 46.8 Å². The van der Waals surface area contributed by atoms with Crippen LogP contribution in [0.1, 0.15) is 53.2 Å². The van der Waals surface area contributed by atoms with E-state index in [4.69, 9.17) is 16.3 Å². The Balaban J connectivity index is 1.73. The zero-order valence-electron chi connectivity index (χ0n) is 20.9. The van der Waals surface area contributed by atoms with E-state index >= 15 is 0 Å². The molecule has 0 unspecified atom stereocenters. The molecule has 0 fully saturated rings. The monoisotopic (exact) mass is 510 g/mol. The molecule has 1 aromatic heterocycles. The Morgan fingerprint density at radius 1 is 1.14 bits per heavy atom. The Labute approximate surface area is 216 Å². The summed E-state index contributed by atoms with van der Waals surface area (Å²) in [6.45, 7) is 4.02. The Morgan fingerprint density at radius 2 is 1.86 bits per heavy atom. The van der Waals surface area contributed by atoms with Gasteiger partial charge in [-0.1, -0.05) is 42.8 Å². The average Bonchev–Trinajstić information content (AvgIpc) is 3.25. The van der Waals surface area contributed by atoms with E-state index < -0.39 is 6.04 Å². The number of aryl methyl sites for hydroxylation is 1. The number of ketones is 1. The van der Waals surface area contributed by atoms with Crippen molar-refractivity contribution >= 4 is 29.2 Å². The fourth-order valence-corrected chi connectivity index (χ4v) is 4.00. The molecule has 0 spiro atoms. The highest BCUT2D eigenvalue weighted by molar-refractivity contribution is 6.32. The molecule has 0 saturated heterocycles. The molecular weight excluding hydrogens is 480 g/mol. The summed E-state index contributed by atoms with van der Waals surface area (Å²) < 4.78 is 7.27. The summed E-state index contributed by atoms with van der Waals surface area (Å²) >= 11 is 6.28. The standard InChI is InChI=1S/C27H31ClN4O4/c1-5-12-36-24-11-10-20(14-22(24)28)27(35)30-21(15-25(34)29-3)13-18-6-8-19(9-7-18)23-16-32(4)26(31-23)17(2)33/h6-11,14,16,21H,5,12-13,15H2,1-4H3,(H,29,34)(H,30,35)/t21-/m0/s1. The lowest BCUT2D eigenvalue weighted by atomic mass is 10.0. The number of halogens is 1. The molecule has 0 radical (unpaired) electrons. The van der Waals surface area contributed by atoms with Gasteiger partial charge in [-0.15, -0.1) is 0 Å². The Kier molecular flexibility index (Phi) is 9.25. The molecule has 0 bridgehead atoms. The van der Waals surface area contributed by atoms with Crippen LogP contribution in [0.25, 0.3) is 11.3 Å². The van der Waals surface area contributed by atoms with Gasteiger partial charge >= 0.3 is 0 Å². The SMILES string of the molecule is CCCOc1ccc(C(=O)N[C@H](CC(=O)NC)Cc2ccc(-c3cn(C)c(C(C)=O)n3)cc2)cc1Cl. The zero-order chi connectivity index (χ0) is 26.2. The number of Topliss-reactive ketones (excluding diaryl/α,β-unsaturated/α-hetero) is 1. The molecule has 2 aromatic carbocycles. The second kappa shape index (κ2) is 12.4. The molecule has 9 heteroatoms. The van der Waals surface area contributed by atoms with Gasteiger partial charge in [0.15, 0.2) is 11.6 Å². The minimum atomic E-state index is -0.433. The molecule has 0 aliphatic rings. The predicted octanol–water partition coefficient (Wildman–Crippen LogP) is 4.21. The molecule has 190 valence electrons. The lowest BCUT2D eigenvalue weighted by Gasteiger charge is -2.19. The normalized spacial score (nSPS) is 11.6. The van der Waals surface area contributed by atoms with Crippen LogP contribution in [0.15, 0.2) is 48.7 Å². The van der Waals surface area contributed by atoms with Gasteiger partial charge < -0.3 is 19.9 Å². The third kappa shape index (κ3) is 6.95. The van der Waals surface area contributed by atoms with Crippen LogP contribution in [0.4, 0.5) is 0 Å². The number of aromatic nitrogens is 2. The van der Waals surface area contributed by atoms with Crippen LogP contribution < -0.4 is 15.4 Å². The first kappa shape index (κ1) is 26.9. The van der Waals surface area contributed by atoms with E-state index in [9.17, 15) is 14.4 Å². The minimum Gasteiger partial charge on any atom is -0.492 e. The number of hydrogen-bond acceptors (Lipinski definition) is 5. The molecular formula is C27H31ClN4O4. The van der Waals surface area contributed by atoms with Gasteiger partial charge in [0.25, 0.3) is 5.91 Å². The molecule has 8 nitrogen and oxygen atoms in total. The Morgan fingerprint density at radius 3 is 2.44 bits per heavy atom. The number of imidazole rings is 1. The van der Waals surface area contributed by atoms with E-state index in [1.165, 1.54) is 6.92 Å². The summed E-state index contributed by atoms with van der Waals surface area (Å²) in [5.41, 5.74) is 2.90. The van der Waals surface area contributed by atoms with Gasteiger partial charge in [-0.3, -0.25) is 14.4 Å². The van der Waals surface area contributed by atoms with Crippen LogP contribution in [-0.2, 0) is 18.3 Å². The van der Waals surface area contributed by atoms with Crippen molar-refractivity contribution in [2.45, 2.75) is 39.2 Å². The van der Waals surface area contributed by atoms with Gasteiger partial charge in [0.1, 0.15) is 5.75 Å². The topological polar surface area (TPSA) is 102 Å².